The van der Waals surface area contributed by atoms with Gasteiger partial charge in [-0.2, -0.15) is 10.4 Å². The van der Waals surface area contributed by atoms with E-state index in [1.54, 1.807) is 29.1 Å². The predicted molar refractivity (Wildman–Crippen MR) is 91.7 cm³/mol. The second-order valence-electron chi connectivity index (χ2n) is 6.82. The van der Waals surface area contributed by atoms with Crippen LogP contribution in [0, 0.1) is 23.2 Å². The zero-order valence-electron chi connectivity index (χ0n) is 14.3. The van der Waals surface area contributed by atoms with E-state index in [1.165, 1.54) is 0 Å². The quantitative estimate of drug-likeness (QED) is 0.852. The number of aromatic nitrogens is 2. The van der Waals surface area contributed by atoms with E-state index in [2.05, 4.69) is 31.9 Å². The lowest BCUT2D eigenvalue weighted by Crippen LogP contribution is -2.49. The van der Waals surface area contributed by atoms with Gasteiger partial charge in [0, 0.05) is 18.8 Å². The number of carbonyl (C=O) groups excluding carboxylic acids is 1. The molecule has 24 heavy (non-hydrogen) atoms. The highest BCUT2D eigenvalue weighted by molar-refractivity contribution is 5.92. The minimum Gasteiger partial charge on any atom is -0.334 e. The molecule has 0 aliphatic carbocycles. The fourth-order valence-electron chi connectivity index (χ4n) is 3.43. The molecule has 5 heteroatoms. The maximum absolute atomic E-state index is 12.9. The Labute approximate surface area is 142 Å². The summed E-state index contributed by atoms with van der Waals surface area (Å²) in [6.07, 6.45) is 2.92. The van der Waals surface area contributed by atoms with Crippen molar-refractivity contribution in [2.45, 2.75) is 33.2 Å². The molecule has 1 fully saturated rings. The van der Waals surface area contributed by atoms with Crippen LogP contribution in [-0.4, -0.2) is 33.2 Å². The van der Waals surface area contributed by atoms with Crippen LogP contribution >= 0.6 is 0 Å². The molecule has 1 aliphatic rings. The smallest absolute Gasteiger partial charge is 0.274 e. The van der Waals surface area contributed by atoms with Crippen LogP contribution in [0.2, 0.25) is 0 Å². The minimum atomic E-state index is -0.0175. The molecule has 1 aromatic carbocycles. The fraction of sp³-hybridized carbons (Fsp3) is 0.421. The van der Waals surface area contributed by atoms with Gasteiger partial charge < -0.3 is 4.90 Å². The van der Waals surface area contributed by atoms with E-state index in [9.17, 15) is 4.79 Å². The van der Waals surface area contributed by atoms with Crippen LogP contribution < -0.4 is 0 Å². The van der Waals surface area contributed by atoms with Gasteiger partial charge in [-0.05, 0) is 49.4 Å². The first-order valence-corrected chi connectivity index (χ1v) is 8.36. The molecule has 2 aromatic rings. The second-order valence-corrected chi connectivity index (χ2v) is 6.82. The summed E-state index contributed by atoms with van der Waals surface area (Å²) in [5, 5.41) is 13.4. The normalized spacial score (nSPS) is 23.8. The summed E-state index contributed by atoms with van der Waals surface area (Å²) in [5.41, 5.74) is 1.80. The van der Waals surface area contributed by atoms with Crippen molar-refractivity contribution >= 4 is 5.91 Å². The van der Waals surface area contributed by atoms with Crippen molar-refractivity contribution in [3.05, 3.63) is 47.8 Å². The third-order valence-electron chi connectivity index (χ3n) is 4.91. The van der Waals surface area contributed by atoms with Gasteiger partial charge in [-0.3, -0.25) is 4.79 Å². The van der Waals surface area contributed by atoms with Crippen molar-refractivity contribution in [2.75, 3.05) is 6.54 Å². The number of piperidine rings is 1. The Bertz CT molecular complexity index is 789. The highest BCUT2D eigenvalue weighted by Gasteiger charge is 2.33. The molecule has 0 radical (unpaired) electrons. The molecule has 0 saturated carbocycles. The zero-order chi connectivity index (χ0) is 17.3. The van der Waals surface area contributed by atoms with Crippen molar-refractivity contribution in [1.82, 2.24) is 14.7 Å². The van der Waals surface area contributed by atoms with E-state index in [1.807, 2.05) is 17.0 Å². The van der Waals surface area contributed by atoms with Gasteiger partial charge in [0.1, 0.15) is 0 Å². The van der Waals surface area contributed by atoms with E-state index in [0.717, 1.165) is 18.7 Å². The molecular weight excluding hydrogens is 300 g/mol. The van der Waals surface area contributed by atoms with E-state index in [-0.39, 0.29) is 11.9 Å². The van der Waals surface area contributed by atoms with Crippen molar-refractivity contribution in [2.24, 2.45) is 11.8 Å². The lowest BCUT2D eigenvalue weighted by molar-refractivity contribution is 0.0449. The molecule has 0 N–H and O–H groups in total. The van der Waals surface area contributed by atoms with Crippen molar-refractivity contribution in [3.8, 4) is 11.8 Å². The fourth-order valence-corrected chi connectivity index (χ4v) is 3.43. The topological polar surface area (TPSA) is 61.9 Å². The minimum absolute atomic E-state index is 0.0175. The third kappa shape index (κ3) is 3.05. The van der Waals surface area contributed by atoms with Gasteiger partial charge in [0.15, 0.2) is 5.69 Å². The Morgan fingerprint density at radius 1 is 1.29 bits per heavy atom. The average Bonchev–Trinajstić information content (AvgIpc) is 3.07. The Balaban J connectivity index is 1.84. The Morgan fingerprint density at radius 3 is 2.83 bits per heavy atom. The van der Waals surface area contributed by atoms with Gasteiger partial charge in [-0.25, -0.2) is 4.68 Å². The lowest BCUT2D eigenvalue weighted by atomic mass is 9.86. The lowest BCUT2D eigenvalue weighted by Gasteiger charge is -2.40. The van der Waals surface area contributed by atoms with Gasteiger partial charge in [-0.15, -0.1) is 0 Å². The molecule has 3 atom stereocenters. The van der Waals surface area contributed by atoms with E-state index >= 15 is 0 Å². The number of likely N-dealkylation sites (tertiary alicyclic amines) is 1. The number of amides is 1. The van der Waals surface area contributed by atoms with Crippen LogP contribution in [-0.2, 0) is 0 Å². The first-order chi connectivity index (χ1) is 11.5. The number of nitrogens with zero attached hydrogens (tertiary/aromatic N) is 4. The number of hydrogen-bond acceptors (Lipinski definition) is 3. The molecule has 0 spiro atoms. The van der Waals surface area contributed by atoms with E-state index in [4.69, 9.17) is 5.26 Å². The molecular formula is C19H22N4O. The number of carbonyl (C=O) groups is 1. The molecule has 0 bridgehead atoms. The van der Waals surface area contributed by atoms with Crippen molar-refractivity contribution in [1.29, 1.82) is 5.26 Å². The molecule has 3 unspecified atom stereocenters. The maximum Gasteiger partial charge on any atom is 0.274 e. The average molecular weight is 322 g/mol. The van der Waals surface area contributed by atoms with Gasteiger partial charge in [0.2, 0.25) is 0 Å². The van der Waals surface area contributed by atoms with Gasteiger partial charge in [0.25, 0.3) is 5.91 Å². The van der Waals surface area contributed by atoms with Crippen LogP contribution in [0.1, 0.15) is 43.2 Å². The van der Waals surface area contributed by atoms with Crippen LogP contribution in [0.15, 0.2) is 36.5 Å². The van der Waals surface area contributed by atoms with Crippen LogP contribution in [0.3, 0.4) is 0 Å². The molecule has 5 nitrogen and oxygen atoms in total. The number of benzene rings is 1. The molecule has 1 saturated heterocycles. The molecule has 1 aromatic heterocycles. The Hall–Kier alpha value is -2.61. The number of nitriles is 1. The highest BCUT2D eigenvalue weighted by Crippen LogP contribution is 2.28. The summed E-state index contributed by atoms with van der Waals surface area (Å²) >= 11 is 0. The summed E-state index contributed by atoms with van der Waals surface area (Å²) in [6, 6.07) is 11.3. The van der Waals surface area contributed by atoms with E-state index in [0.29, 0.717) is 23.1 Å². The predicted octanol–water partition coefficient (Wildman–Crippen LogP) is 3.25. The second kappa shape index (κ2) is 6.48. The van der Waals surface area contributed by atoms with Crippen molar-refractivity contribution in [3.63, 3.8) is 0 Å². The zero-order valence-corrected chi connectivity index (χ0v) is 14.3. The standard InChI is InChI=1S/C19H22N4O/c1-13-9-14(2)15(3)22(12-13)19(24)18-7-8-23(21-18)17-6-4-5-16(10-17)11-20/h4-8,10,13-15H,9,12H2,1-3H3. The molecule has 1 aliphatic heterocycles. The summed E-state index contributed by atoms with van der Waals surface area (Å²) in [7, 11) is 0. The van der Waals surface area contributed by atoms with Crippen LogP contribution in [0.4, 0.5) is 0 Å². The Kier molecular flexibility index (Phi) is 4.39. The molecule has 3 rings (SSSR count). The number of rotatable bonds is 2. The van der Waals surface area contributed by atoms with Crippen molar-refractivity contribution < 1.29 is 4.79 Å². The summed E-state index contributed by atoms with van der Waals surface area (Å²) in [4.78, 5) is 14.8. The summed E-state index contributed by atoms with van der Waals surface area (Å²) in [6.45, 7) is 7.28. The first kappa shape index (κ1) is 16.3. The molecule has 1 amide bonds. The first-order valence-electron chi connectivity index (χ1n) is 8.36. The SMILES string of the molecule is CC1CC(C)C(C)N(C(=O)c2ccn(-c3cccc(C#N)c3)n2)C1. The largest absolute Gasteiger partial charge is 0.334 e. The summed E-state index contributed by atoms with van der Waals surface area (Å²) in [5.74, 6) is 0.984. The van der Waals surface area contributed by atoms with Crippen LogP contribution in [0.25, 0.3) is 5.69 Å². The maximum atomic E-state index is 12.9. The van der Waals surface area contributed by atoms with Gasteiger partial charge >= 0.3 is 0 Å². The number of hydrogen-bond donors (Lipinski definition) is 0. The van der Waals surface area contributed by atoms with Gasteiger partial charge in [0.05, 0.1) is 17.3 Å². The molecule has 124 valence electrons. The summed E-state index contributed by atoms with van der Waals surface area (Å²) < 4.78 is 1.65. The molecule has 2 heterocycles. The van der Waals surface area contributed by atoms with E-state index < -0.39 is 0 Å². The highest BCUT2D eigenvalue weighted by atomic mass is 16.2. The third-order valence-corrected chi connectivity index (χ3v) is 4.91. The van der Waals surface area contributed by atoms with Gasteiger partial charge in [-0.1, -0.05) is 19.9 Å². The van der Waals surface area contributed by atoms with Crippen LogP contribution in [0.5, 0.6) is 0 Å². The Morgan fingerprint density at radius 2 is 2.08 bits per heavy atom. The monoisotopic (exact) mass is 322 g/mol.